The highest BCUT2D eigenvalue weighted by atomic mass is 16.5. The molecule has 7 nitrogen and oxygen atoms in total. The van der Waals surface area contributed by atoms with Crippen molar-refractivity contribution in [2.45, 2.75) is 13.8 Å². The van der Waals surface area contributed by atoms with Gasteiger partial charge >= 0.3 is 0 Å². The van der Waals surface area contributed by atoms with E-state index in [2.05, 4.69) is 5.32 Å². The molecule has 1 aliphatic rings. The molecule has 3 aromatic carbocycles. The number of ketones is 1. The fraction of sp³-hybridized carbons (Fsp3) is 0.120. The van der Waals surface area contributed by atoms with Gasteiger partial charge in [-0.15, -0.1) is 0 Å². The van der Waals surface area contributed by atoms with Crippen LogP contribution in [-0.2, 0) is 0 Å². The third-order valence-corrected chi connectivity index (χ3v) is 5.22. The summed E-state index contributed by atoms with van der Waals surface area (Å²) >= 11 is 0. The zero-order chi connectivity index (χ0) is 23.0. The maximum atomic E-state index is 12.9. The van der Waals surface area contributed by atoms with Crippen molar-refractivity contribution in [2.24, 2.45) is 0 Å². The summed E-state index contributed by atoms with van der Waals surface area (Å²) in [7, 11) is 1.36. The number of aryl methyl sites for hydroxylation is 1. The first kappa shape index (κ1) is 21.0. The predicted molar refractivity (Wildman–Crippen MR) is 119 cm³/mol. The largest absolute Gasteiger partial charge is 0.457 e. The van der Waals surface area contributed by atoms with Crippen molar-refractivity contribution in [1.29, 1.82) is 0 Å². The molecule has 0 radical (unpaired) electrons. The topological polar surface area (TPSA) is 92.8 Å². The fourth-order valence-corrected chi connectivity index (χ4v) is 3.43. The molecular formula is C25H20N2O5. The van der Waals surface area contributed by atoms with E-state index in [1.165, 1.54) is 26.1 Å². The number of amides is 3. The van der Waals surface area contributed by atoms with E-state index >= 15 is 0 Å². The smallest absolute Gasteiger partial charge is 0.261 e. The average molecular weight is 428 g/mol. The van der Waals surface area contributed by atoms with Crippen LogP contribution in [0.4, 0.5) is 5.69 Å². The maximum Gasteiger partial charge on any atom is 0.261 e. The Balaban J connectivity index is 1.56. The number of Topliss-reactive ketones (excluding diaryl/α,β-unsaturated/α-hetero) is 1. The summed E-state index contributed by atoms with van der Waals surface area (Å²) in [5.41, 5.74) is 1.96. The summed E-state index contributed by atoms with van der Waals surface area (Å²) in [6, 6.07) is 17.0. The van der Waals surface area contributed by atoms with Gasteiger partial charge in [-0.05, 0) is 62.4 Å². The molecule has 7 heteroatoms. The van der Waals surface area contributed by atoms with Crippen molar-refractivity contribution in [3.8, 4) is 11.5 Å². The normalized spacial score (nSPS) is 12.5. The highest BCUT2D eigenvalue weighted by molar-refractivity contribution is 6.24. The van der Waals surface area contributed by atoms with E-state index in [1.54, 1.807) is 24.3 Å². The molecule has 0 aromatic heterocycles. The zero-order valence-electron chi connectivity index (χ0n) is 17.8. The van der Waals surface area contributed by atoms with Crippen LogP contribution in [-0.4, -0.2) is 35.5 Å². The second-order valence-electron chi connectivity index (χ2n) is 7.56. The second kappa shape index (κ2) is 8.11. The highest BCUT2D eigenvalue weighted by Crippen LogP contribution is 2.27. The van der Waals surface area contributed by atoms with Crippen LogP contribution >= 0.6 is 0 Å². The van der Waals surface area contributed by atoms with E-state index < -0.39 is 17.7 Å². The molecule has 0 bridgehead atoms. The van der Waals surface area contributed by atoms with Crippen molar-refractivity contribution in [2.75, 3.05) is 12.4 Å². The first-order valence-corrected chi connectivity index (χ1v) is 9.92. The number of hydrogen-bond donors (Lipinski definition) is 1. The van der Waals surface area contributed by atoms with Crippen molar-refractivity contribution < 1.29 is 23.9 Å². The second-order valence-corrected chi connectivity index (χ2v) is 7.56. The van der Waals surface area contributed by atoms with Crippen LogP contribution in [0.15, 0.2) is 60.7 Å². The minimum absolute atomic E-state index is 0.0349. The lowest BCUT2D eigenvalue weighted by molar-refractivity contribution is 0.0692. The van der Waals surface area contributed by atoms with Gasteiger partial charge in [0.1, 0.15) is 11.5 Å². The van der Waals surface area contributed by atoms with Crippen LogP contribution in [0.25, 0.3) is 0 Å². The van der Waals surface area contributed by atoms with Gasteiger partial charge in [-0.2, -0.15) is 0 Å². The number of ether oxygens (including phenoxy) is 1. The standard InChI is InChI=1S/C25H20N2O5/c1-14-4-8-17(9-5-14)32-18-10-6-16(7-11-18)26-23(29)20-13-22-21(12-19(20)15(2)28)24(30)27(3)25(22)31/h4-13H,1-3H3,(H,26,29). The van der Waals surface area contributed by atoms with Gasteiger partial charge in [0.15, 0.2) is 5.78 Å². The van der Waals surface area contributed by atoms with Crippen LogP contribution < -0.4 is 10.1 Å². The Hall–Kier alpha value is -4.26. The van der Waals surface area contributed by atoms with Gasteiger partial charge in [-0.1, -0.05) is 17.7 Å². The van der Waals surface area contributed by atoms with Crippen LogP contribution in [0.2, 0.25) is 0 Å². The van der Waals surface area contributed by atoms with Crippen molar-refractivity contribution >= 4 is 29.2 Å². The van der Waals surface area contributed by atoms with Crippen molar-refractivity contribution in [3.63, 3.8) is 0 Å². The Morgan fingerprint density at radius 2 is 1.31 bits per heavy atom. The number of nitrogens with one attached hydrogen (secondary N) is 1. The SMILES string of the molecule is CC(=O)c1cc2c(cc1C(=O)Nc1ccc(Oc3ccc(C)cc3)cc1)C(=O)N(C)C2=O. The molecule has 160 valence electrons. The summed E-state index contributed by atoms with van der Waals surface area (Å²) < 4.78 is 5.78. The molecule has 1 N–H and O–H groups in total. The molecule has 0 atom stereocenters. The predicted octanol–water partition coefficient (Wildman–Crippen LogP) is 4.47. The Morgan fingerprint density at radius 3 is 1.84 bits per heavy atom. The number of fused-ring (bicyclic) bond motifs is 1. The zero-order valence-corrected chi connectivity index (χ0v) is 17.8. The van der Waals surface area contributed by atoms with Gasteiger partial charge in [0.05, 0.1) is 16.7 Å². The molecule has 4 rings (SSSR count). The fourth-order valence-electron chi connectivity index (χ4n) is 3.43. The van der Waals surface area contributed by atoms with Gasteiger partial charge in [0, 0.05) is 18.3 Å². The molecule has 32 heavy (non-hydrogen) atoms. The Labute approximate surface area is 184 Å². The number of benzene rings is 3. The molecular weight excluding hydrogens is 408 g/mol. The molecule has 3 aromatic rings. The summed E-state index contributed by atoms with van der Waals surface area (Å²) in [5, 5.41) is 2.72. The van der Waals surface area contributed by atoms with E-state index in [9.17, 15) is 19.2 Å². The lowest BCUT2D eigenvalue weighted by atomic mass is 9.96. The minimum Gasteiger partial charge on any atom is -0.457 e. The van der Waals surface area contributed by atoms with Crippen molar-refractivity contribution in [3.05, 3.63) is 88.5 Å². The molecule has 1 aliphatic heterocycles. The number of carbonyl (C=O) groups excluding carboxylic acids is 4. The van der Waals surface area contributed by atoms with E-state index in [-0.39, 0.29) is 28.0 Å². The molecule has 0 fully saturated rings. The lowest BCUT2D eigenvalue weighted by Gasteiger charge is -2.11. The molecule has 1 heterocycles. The van der Waals surface area contributed by atoms with E-state index in [0.717, 1.165) is 10.5 Å². The van der Waals surface area contributed by atoms with Crippen LogP contribution in [0, 0.1) is 6.92 Å². The van der Waals surface area contributed by atoms with Crippen LogP contribution in [0.3, 0.4) is 0 Å². The first-order valence-electron chi connectivity index (χ1n) is 9.92. The average Bonchev–Trinajstić information content (AvgIpc) is 2.99. The number of hydrogen-bond acceptors (Lipinski definition) is 5. The van der Waals surface area contributed by atoms with E-state index in [4.69, 9.17) is 4.74 Å². The van der Waals surface area contributed by atoms with Gasteiger partial charge in [-0.3, -0.25) is 24.1 Å². The van der Waals surface area contributed by atoms with Gasteiger partial charge in [0.2, 0.25) is 0 Å². The molecule has 0 spiro atoms. The number of nitrogens with zero attached hydrogens (tertiary/aromatic N) is 1. The number of imide groups is 1. The highest BCUT2D eigenvalue weighted by Gasteiger charge is 2.35. The summed E-state index contributed by atoms with van der Waals surface area (Å²) in [4.78, 5) is 50.5. The summed E-state index contributed by atoms with van der Waals surface area (Å²) in [6.45, 7) is 3.30. The van der Waals surface area contributed by atoms with E-state index in [0.29, 0.717) is 17.2 Å². The number of anilines is 1. The third kappa shape index (κ3) is 3.88. The molecule has 0 saturated heterocycles. The molecule has 0 saturated carbocycles. The number of carbonyl (C=O) groups is 4. The first-order chi connectivity index (χ1) is 15.2. The number of rotatable bonds is 5. The minimum atomic E-state index is -0.556. The van der Waals surface area contributed by atoms with Gasteiger partial charge in [0.25, 0.3) is 17.7 Å². The van der Waals surface area contributed by atoms with Gasteiger partial charge < -0.3 is 10.1 Å². The van der Waals surface area contributed by atoms with Gasteiger partial charge in [-0.25, -0.2) is 0 Å². The Kier molecular flexibility index (Phi) is 5.32. The molecule has 3 amide bonds. The monoisotopic (exact) mass is 428 g/mol. The van der Waals surface area contributed by atoms with Crippen LogP contribution in [0.5, 0.6) is 11.5 Å². The van der Waals surface area contributed by atoms with E-state index in [1.807, 2.05) is 31.2 Å². The quantitative estimate of drug-likeness (QED) is 0.478. The lowest BCUT2D eigenvalue weighted by Crippen LogP contribution is -2.24. The molecule has 0 unspecified atom stereocenters. The summed E-state index contributed by atoms with van der Waals surface area (Å²) in [6.07, 6.45) is 0. The van der Waals surface area contributed by atoms with Crippen molar-refractivity contribution in [1.82, 2.24) is 4.90 Å². The third-order valence-electron chi connectivity index (χ3n) is 5.22. The Bertz CT molecular complexity index is 1260. The maximum absolute atomic E-state index is 12.9. The molecule has 0 aliphatic carbocycles. The Morgan fingerprint density at radius 1 is 0.812 bits per heavy atom. The van der Waals surface area contributed by atoms with Crippen LogP contribution in [0.1, 0.15) is 53.9 Å². The summed E-state index contributed by atoms with van der Waals surface area (Å²) in [5.74, 6) is -0.647.